The molecule has 1 aliphatic rings. The Kier molecular flexibility index (Phi) is 5.21. The molecule has 0 aromatic carbocycles. The predicted molar refractivity (Wildman–Crippen MR) is 55.4 cm³/mol. The topological polar surface area (TPSA) is 44.8 Å². The van der Waals surface area contributed by atoms with Crippen molar-refractivity contribution in [3.8, 4) is 0 Å². The van der Waals surface area contributed by atoms with Crippen LogP contribution >= 0.6 is 0 Å². The minimum Gasteiger partial charge on any atom is -0.463 e. The summed E-state index contributed by atoms with van der Waals surface area (Å²) in [7, 11) is 1.45. The van der Waals surface area contributed by atoms with Gasteiger partial charge in [0.05, 0.1) is 6.61 Å². The third kappa shape index (κ3) is 4.79. The zero-order valence-corrected chi connectivity index (χ0v) is 9.75. The first kappa shape index (κ1) is 14.6. The summed E-state index contributed by atoms with van der Waals surface area (Å²) in [5.74, 6) is -1.79. The molecule has 0 amide bonds. The molecule has 0 N–H and O–H groups in total. The van der Waals surface area contributed by atoms with Crippen LogP contribution in [0.1, 0.15) is 12.8 Å². The van der Waals surface area contributed by atoms with Crippen LogP contribution in [-0.4, -0.2) is 32.5 Å². The van der Waals surface area contributed by atoms with Gasteiger partial charge in [0.1, 0.15) is 18.8 Å². The molecule has 0 saturated heterocycles. The lowest BCUT2D eigenvalue weighted by Gasteiger charge is -2.18. The molecule has 18 heavy (non-hydrogen) atoms. The van der Waals surface area contributed by atoms with E-state index in [4.69, 9.17) is 4.74 Å². The number of methoxy groups -OCH3 is 1. The van der Waals surface area contributed by atoms with E-state index in [1.165, 1.54) is 13.2 Å². The Bertz CT molecular complexity index is 358. The van der Waals surface area contributed by atoms with Crippen LogP contribution in [0.3, 0.4) is 0 Å². The molecular weight excluding hydrogens is 253 g/mol. The average molecular weight is 266 g/mol. The quantitative estimate of drug-likeness (QED) is 0.566. The molecule has 1 rings (SSSR count). The molecule has 1 heterocycles. The number of ether oxygens (including phenoxy) is 3. The molecular formula is C11H13F3O4. The molecule has 0 bridgehead atoms. The summed E-state index contributed by atoms with van der Waals surface area (Å²) in [5.41, 5.74) is 0. The minimum atomic E-state index is -4.54. The van der Waals surface area contributed by atoms with E-state index in [9.17, 15) is 18.0 Å². The summed E-state index contributed by atoms with van der Waals surface area (Å²) in [6, 6.07) is 0. The molecule has 0 aromatic heterocycles. The third-order valence-corrected chi connectivity index (χ3v) is 2.04. The number of allylic oxidation sites excluding steroid dienone is 3. The second kappa shape index (κ2) is 6.44. The highest BCUT2D eigenvalue weighted by molar-refractivity contribution is 5.72. The number of esters is 1. The molecule has 4 nitrogen and oxygen atoms in total. The smallest absolute Gasteiger partial charge is 0.449 e. The second-order valence-corrected chi connectivity index (χ2v) is 3.46. The van der Waals surface area contributed by atoms with Crippen molar-refractivity contribution in [3.05, 3.63) is 23.7 Å². The van der Waals surface area contributed by atoms with Gasteiger partial charge in [-0.3, -0.25) is 4.79 Å². The summed E-state index contributed by atoms with van der Waals surface area (Å²) in [6.07, 6.45) is -2.46. The fraction of sp³-hybridized carbons (Fsp3) is 0.545. The summed E-state index contributed by atoms with van der Waals surface area (Å²) >= 11 is 0. The van der Waals surface area contributed by atoms with Gasteiger partial charge in [0.15, 0.2) is 0 Å². The highest BCUT2D eigenvalue weighted by Crippen LogP contribution is 2.31. The van der Waals surface area contributed by atoms with Crippen LogP contribution in [0, 0.1) is 0 Å². The van der Waals surface area contributed by atoms with Crippen molar-refractivity contribution in [3.63, 3.8) is 0 Å². The fourth-order valence-electron chi connectivity index (χ4n) is 1.24. The molecule has 0 fully saturated rings. The Morgan fingerprint density at radius 2 is 2.11 bits per heavy atom. The zero-order valence-electron chi connectivity index (χ0n) is 9.75. The fourth-order valence-corrected chi connectivity index (χ4v) is 1.24. The van der Waals surface area contributed by atoms with Gasteiger partial charge < -0.3 is 14.2 Å². The van der Waals surface area contributed by atoms with Gasteiger partial charge in [0.2, 0.25) is 5.76 Å². The van der Waals surface area contributed by atoms with Crippen LogP contribution in [0.2, 0.25) is 0 Å². The molecule has 0 aliphatic carbocycles. The molecule has 1 aliphatic heterocycles. The van der Waals surface area contributed by atoms with Gasteiger partial charge in [-0.15, -0.1) is 0 Å². The zero-order chi connectivity index (χ0) is 13.6. The van der Waals surface area contributed by atoms with Crippen LogP contribution < -0.4 is 0 Å². The molecule has 0 aromatic rings. The number of hydrogen-bond acceptors (Lipinski definition) is 4. The lowest BCUT2D eigenvalue weighted by molar-refractivity contribution is -0.146. The van der Waals surface area contributed by atoms with Crippen molar-refractivity contribution in [2.75, 3.05) is 20.3 Å². The monoisotopic (exact) mass is 266 g/mol. The maximum absolute atomic E-state index is 12.3. The number of hydrogen-bond donors (Lipinski definition) is 0. The second-order valence-electron chi connectivity index (χ2n) is 3.46. The SMILES string of the molecule is COCCOC(=O)CC1=CCC=C(C(F)(F)F)O1. The standard InChI is InChI=1S/C11H13F3O4/c1-16-5-6-17-10(15)7-8-3-2-4-9(18-8)11(12,13)14/h3-4H,2,5-7H2,1H3. The van der Waals surface area contributed by atoms with Gasteiger partial charge in [-0.05, 0) is 18.6 Å². The first-order valence-electron chi connectivity index (χ1n) is 5.22. The maximum atomic E-state index is 12.3. The van der Waals surface area contributed by atoms with Gasteiger partial charge in [-0.25, -0.2) is 0 Å². The van der Waals surface area contributed by atoms with E-state index in [-0.39, 0.29) is 31.8 Å². The van der Waals surface area contributed by atoms with Crippen LogP contribution in [0.4, 0.5) is 13.2 Å². The highest BCUT2D eigenvalue weighted by atomic mass is 19.4. The molecule has 0 radical (unpaired) electrons. The van der Waals surface area contributed by atoms with Crippen molar-refractivity contribution in [2.45, 2.75) is 19.0 Å². The van der Waals surface area contributed by atoms with E-state index in [2.05, 4.69) is 9.47 Å². The lowest BCUT2D eigenvalue weighted by atomic mass is 10.2. The summed E-state index contributed by atoms with van der Waals surface area (Å²) in [4.78, 5) is 11.2. The number of halogens is 3. The van der Waals surface area contributed by atoms with Crippen LogP contribution in [0.5, 0.6) is 0 Å². The van der Waals surface area contributed by atoms with Crippen molar-refractivity contribution >= 4 is 5.97 Å². The Hall–Kier alpha value is -1.50. The Labute approximate surface area is 102 Å². The number of carbonyl (C=O) groups is 1. The molecule has 7 heteroatoms. The molecule has 0 saturated carbocycles. The Balaban J connectivity index is 2.40. The van der Waals surface area contributed by atoms with Gasteiger partial charge in [0.25, 0.3) is 0 Å². The number of rotatable bonds is 5. The van der Waals surface area contributed by atoms with Crippen LogP contribution in [0.25, 0.3) is 0 Å². The van der Waals surface area contributed by atoms with Gasteiger partial charge in [0, 0.05) is 7.11 Å². The van der Waals surface area contributed by atoms with E-state index in [0.29, 0.717) is 0 Å². The summed E-state index contributed by atoms with van der Waals surface area (Å²) < 4.78 is 51.0. The normalized spacial score (nSPS) is 15.6. The first-order valence-corrected chi connectivity index (χ1v) is 5.22. The maximum Gasteiger partial charge on any atom is 0.449 e. The van der Waals surface area contributed by atoms with Crippen molar-refractivity contribution in [1.82, 2.24) is 0 Å². The van der Waals surface area contributed by atoms with Crippen molar-refractivity contribution in [2.24, 2.45) is 0 Å². The van der Waals surface area contributed by atoms with Crippen molar-refractivity contribution < 1.29 is 32.2 Å². The predicted octanol–water partition coefficient (Wildman–Crippen LogP) is 2.32. The minimum absolute atomic E-state index is 0.0489. The highest BCUT2D eigenvalue weighted by Gasteiger charge is 2.37. The van der Waals surface area contributed by atoms with Gasteiger partial charge in [-0.2, -0.15) is 13.2 Å². The summed E-state index contributed by atoms with van der Waals surface area (Å²) in [6.45, 7) is 0.296. The van der Waals surface area contributed by atoms with E-state index >= 15 is 0 Å². The largest absolute Gasteiger partial charge is 0.463 e. The lowest BCUT2D eigenvalue weighted by Crippen LogP contribution is -2.18. The average Bonchev–Trinajstić information content (AvgIpc) is 2.28. The van der Waals surface area contributed by atoms with Crippen LogP contribution in [0.15, 0.2) is 23.7 Å². The number of carbonyl (C=O) groups excluding carboxylic acids is 1. The summed E-state index contributed by atoms with van der Waals surface area (Å²) in [5, 5.41) is 0. The molecule has 0 atom stereocenters. The van der Waals surface area contributed by atoms with Gasteiger partial charge in [-0.1, -0.05) is 0 Å². The molecule has 102 valence electrons. The molecule has 0 spiro atoms. The Morgan fingerprint density at radius 1 is 1.39 bits per heavy atom. The van der Waals surface area contributed by atoms with Gasteiger partial charge >= 0.3 is 12.1 Å². The van der Waals surface area contributed by atoms with E-state index in [1.807, 2.05) is 0 Å². The van der Waals surface area contributed by atoms with Crippen molar-refractivity contribution in [1.29, 1.82) is 0 Å². The van der Waals surface area contributed by atoms with E-state index < -0.39 is 17.9 Å². The van der Waals surface area contributed by atoms with Crippen LogP contribution in [-0.2, 0) is 19.0 Å². The third-order valence-electron chi connectivity index (χ3n) is 2.04. The van der Waals surface area contributed by atoms with E-state index in [1.54, 1.807) is 0 Å². The molecule has 0 unspecified atom stereocenters. The van der Waals surface area contributed by atoms with E-state index in [0.717, 1.165) is 6.08 Å². The Morgan fingerprint density at radius 3 is 2.72 bits per heavy atom. The first-order chi connectivity index (χ1) is 8.43. The number of alkyl halides is 3.